The van der Waals surface area contributed by atoms with Gasteiger partial charge in [0.15, 0.2) is 0 Å². The molecule has 0 atom stereocenters. The fraction of sp³-hybridized carbons (Fsp3) is 0.0556. The fourth-order valence-electron chi connectivity index (χ4n) is 2.81. The van der Waals surface area contributed by atoms with Crippen molar-refractivity contribution in [1.29, 1.82) is 0 Å². The first-order chi connectivity index (χ1) is 10.7. The number of ether oxygens (including phenoxy) is 1. The van der Waals surface area contributed by atoms with Gasteiger partial charge in [-0.1, -0.05) is 18.2 Å². The van der Waals surface area contributed by atoms with Gasteiger partial charge >= 0.3 is 0 Å². The fourth-order valence-corrected chi connectivity index (χ4v) is 2.81. The highest BCUT2D eigenvalue weighted by Gasteiger charge is 2.13. The summed E-state index contributed by atoms with van der Waals surface area (Å²) >= 11 is 0. The van der Waals surface area contributed by atoms with Gasteiger partial charge in [0.05, 0.1) is 17.9 Å². The van der Waals surface area contributed by atoms with E-state index in [4.69, 9.17) is 9.15 Å². The summed E-state index contributed by atoms with van der Waals surface area (Å²) in [5.41, 5.74) is 0.770. The van der Waals surface area contributed by atoms with E-state index in [0.717, 1.165) is 5.39 Å². The molecule has 4 aromatic rings. The molecule has 108 valence electrons. The Bertz CT molecular complexity index is 1090. The summed E-state index contributed by atoms with van der Waals surface area (Å²) in [5.74, 6) is 0.654. The van der Waals surface area contributed by atoms with E-state index < -0.39 is 0 Å². The van der Waals surface area contributed by atoms with Crippen LogP contribution in [0.25, 0.3) is 32.7 Å². The first-order valence-corrected chi connectivity index (χ1v) is 6.84. The van der Waals surface area contributed by atoms with Gasteiger partial charge in [0.1, 0.15) is 22.7 Å². The summed E-state index contributed by atoms with van der Waals surface area (Å²) in [4.78, 5) is 12.9. The van der Waals surface area contributed by atoms with Crippen LogP contribution >= 0.6 is 0 Å². The lowest BCUT2D eigenvalue weighted by Crippen LogP contribution is -2.03. The molecular formula is C18H12O4. The van der Waals surface area contributed by atoms with Crippen molar-refractivity contribution < 1.29 is 14.3 Å². The second-order valence-electron chi connectivity index (χ2n) is 5.11. The maximum Gasteiger partial charge on any atom is 0.201 e. The van der Waals surface area contributed by atoms with E-state index in [2.05, 4.69) is 0 Å². The molecule has 22 heavy (non-hydrogen) atoms. The van der Waals surface area contributed by atoms with Gasteiger partial charge in [-0.25, -0.2) is 0 Å². The number of fused-ring (bicyclic) bond motifs is 4. The largest absolute Gasteiger partial charge is 0.507 e. The summed E-state index contributed by atoms with van der Waals surface area (Å²) in [5, 5.41) is 12.3. The summed E-state index contributed by atoms with van der Waals surface area (Å²) < 4.78 is 11.0. The van der Waals surface area contributed by atoms with Gasteiger partial charge < -0.3 is 14.3 Å². The second kappa shape index (κ2) is 4.49. The third kappa shape index (κ3) is 1.67. The van der Waals surface area contributed by atoms with Crippen LogP contribution in [0.15, 0.2) is 57.7 Å². The Balaban J connectivity index is 2.29. The summed E-state index contributed by atoms with van der Waals surface area (Å²) in [6.45, 7) is 0. The monoisotopic (exact) mass is 292 g/mol. The first kappa shape index (κ1) is 12.7. The SMILES string of the molecule is COc1ccc2oc3ccc4cccc(O)c4c3c(=O)c2c1. The van der Waals surface area contributed by atoms with Gasteiger partial charge in [-0.2, -0.15) is 0 Å². The van der Waals surface area contributed by atoms with E-state index in [-0.39, 0.29) is 11.2 Å². The van der Waals surface area contributed by atoms with Gasteiger partial charge in [0, 0.05) is 5.39 Å². The summed E-state index contributed by atoms with van der Waals surface area (Å²) in [6, 6.07) is 13.9. The number of methoxy groups -OCH3 is 1. The molecule has 0 aliphatic carbocycles. The van der Waals surface area contributed by atoms with Gasteiger partial charge in [0.2, 0.25) is 5.43 Å². The molecule has 4 nitrogen and oxygen atoms in total. The van der Waals surface area contributed by atoms with E-state index in [0.29, 0.717) is 33.1 Å². The molecule has 1 N–H and O–H groups in total. The Morgan fingerprint density at radius 2 is 1.82 bits per heavy atom. The molecule has 0 aliphatic rings. The van der Waals surface area contributed by atoms with Crippen LogP contribution in [-0.2, 0) is 0 Å². The van der Waals surface area contributed by atoms with E-state index in [9.17, 15) is 9.90 Å². The zero-order valence-corrected chi connectivity index (χ0v) is 11.8. The smallest absolute Gasteiger partial charge is 0.201 e. The van der Waals surface area contributed by atoms with Crippen molar-refractivity contribution in [3.63, 3.8) is 0 Å². The molecule has 0 aliphatic heterocycles. The molecule has 0 amide bonds. The van der Waals surface area contributed by atoms with Gasteiger partial charge in [-0.3, -0.25) is 4.79 Å². The number of phenolic OH excluding ortho intramolecular Hbond substituents is 1. The highest BCUT2D eigenvalue weighted by atomic mass is 16.5. The van der Waals surface area contributed by atoms with Gasteiger partial charge in [-0.15, -0.1) is 0 Å². The third-order valence-corrected chi connectivity index (χ3v) is 3.86. The molecule has 0 radical (unpaired) electrons. The van der Waals surface area contributed by atoms with E-state index >= 15 is 0 Å². The molecule has 1 heterocycles. The van der Waals surface area contributed by atoms with Crippen LogP contribution < -0.4 is 10.2 Å². The summed E-state index contributed by atoms with van der Waals surface area (Å²) in [6.07, 6.45) is 0. The Hall–Kier alpha value is -3.01. The molecule has 4 rings (SSSR count). The van der Waals surface area contributed by atoms with Gasteiger partial charge in [0.25, 0.3) is 0 Å². The van der Waals surface area contributed by atoms with Crippen LogP contribution in [0, 0.1) is 0 Å². The molecule has 0 saturated carbocycles. The third-order valence-electron chi connectivity index (χ3n) is 3.86. The standard InChI is InChI=1S/C18H12O4/c1-21-11-6-8-14-12(9-11)18(20)17-15(22-14)7-5-10-3-2-4-13(19)16(10)17/h2-9,19H,1H3. The van der Waals surface area contributed by atoms with Crippen molar-refractivity contribution in [2.24, 2.45) is 0 Å². The number of benzene rings is 3. The molecular weight excluding hydrogens is 280 g/mol. The number of aromatic hydroxyl groups is 1. The lowest BCUT2D eigenvalue weighted by molar-refractivity contribution is 0.415. The average molecular weight is 292 g/mol. The van der Waals surface area contributed by atoms with Crippen LogP contribution in [0.5, 0.6) is 11.5 Å². The molecule has 1 aromatic heterocycles. The zero-order chi connectivity index (χ0) is 15.3. The van der Waals surface area contributed by atoms with E-state index in [1.165, 1.54) is 0 Å². The van der Waals surface area contributed by atoms with Crippen molar-refractivity contribution in [3.05, 3.63) is 58.8 Å². The van der Waals surface area contributed by atoms with Crippen molar-refractivity contribution in [3.8, 4) is 11.5 Å². The molecule has 4 heteroatoms. The van der Waals surface area contributed by atoms with Crippen molar-refractivity contribution in [2.45, 2.75) is 0 Å². The molecule has 0 bridgehead atoms. The molecule has 3 aromatic carbocycles. The second-order valence-corrected chi connectivity index (χ2v) is 5.11. The predicted molar refractivity (Wildman–Crippen MR) is 85.7 cm³/mol. The van der Waals surface area contributed by atoms with Crippen LogP contribution in [0.3, 0.4) is 0 Å². The Labute approximate surface area is 125 Å². The number of rotatable bonds is 1. The molecule has 0 unspecified atom stereocenters. The Kier molecular flexibility index (Phi) is 2.60. The molecule has 0 spiro atoms. The van der Waals surface area contributed by atoms with Crippen LogP contribution in [0.1, 0.15) is 0 Å². The quantitative estimate of drug-likeness (QED) is 0.428. The lowest BCUT2D eigenvalue weighted by atomic mass is 10.0. The minimum absolute atomic E-state index is 0.0673. The van der Waals surface area contributed by atoms with Crippen LogP contribution in [0.2, 0.25) is 0 Å². The maximum atomic E-state index is 12.9. The minimum Gasteiger partial charge on any atom is -0.507 e. The summed E-state index contributed by atoms with van der Waals surface area (Å²) in [7, 11) is 1.55. The minimum atomic E-state index is -0.178. The highest BCUT2D eigenvalue weighted by molar-refractivity contribution is 6.10. The normalized spacial score (nSPS) is 11.3. The number of phenols is 1. The maximum absolute atomic E-state index is 12.9. The topological polar surface area (TPSA) is 59.7 Å². The average Bonchev–Trinajstić information content (AvgIpc) is 2.55. The number of hydrogen-bond donors (Lipinski definition) is 1. The highest BCUT2D eigenvalue weighted by Crippen LogP contribution is 2.32. The van der Waals surface area contributed by atoms with Gasteiger partial charge in [-0.05, 0) is 35.7 Å². The molecule has 0 saturated heterocycles. The van der Waals surface area contributed by atoms with Crippen LogP contribution in [-0.4, -0.2) is 12.2 Å². The van der Waals surface area contributed by atoms with Crippen molar-refractivity contribution >= 4 is 32.7 Å². The van der Waals surface area contributed by atoms with Crippen molar-refractivity contribution in [1.82, 2.24) is 0 Å². The Morgan fingerprint density at radius 3 is 2.64 bits per heavy atom. The Morgan fingerprint density at radius 1 is 1.00 bits per heavy atom. The van der Waals surface area contributed by atoms with Crippen molar-refractivity contribution in [2.75, 3.05) is 7.11 Å². The molecule has 0 fully saturated rings. The van der Waals surface area contributed by atoms with Crippen LogP contribution in [0.4, 0.5) is 0 Å². The lowest BCUT2D eigenvalue weighted by Gasteiger charge is -2.07. The number of hydrogen-bond acceptors (Lipinski definition) is 4. The first-order valence-electron chi connectivity index (χ1n) is 6.84. The zero-order valence-electron chi connectivity index (χ0n) is 11.8. The predicted octanol–water partition coefficient (Wildman–Crippen LogP) is 3.81. The van der Waals surface area contributed by atoms with E-state index in [1.54, 1.807) is 43.5 Å². The van der Waals surface area contributed by atoms with E-state index in [1.807, 2.05) is 12.1 Å².